The molecule has 9 nitrogen and oxygen atoms in total. The normalized spacial score (nSPS) is 13.8. The van der Waals surface area contributed by atoms with Crippen LogP contribution >= 0.6 is 7.75 Å². The minimum atomic E-state index is -4.33. The van der Waals surface area contributed by atoms with Crippen LogP contribution < -0.4 is 9.05 Å². The Morgan fingerprint density at radius 3 is 1.91 bits per heavy atom. The lowest BCUT2D eigenvalue weighted by molar-refractivity contribution is -0.384. The number of rotatable bonds is 11. The van der Waals surface area contributed by atoms with Gasteiger partial charge in [0.05, 0.1) is 4.92 Å². The van der Waals surface area contributed by atoms with Gasteiger partial charge in [0.2, 0.25) is 0 Å². The maximum Gasteiger partial charge on any atom is 0.516 e. The maximum absolute atomic E-state index is 14.3. The van der Waals surface area contributed by atoms with Crippen LogP contribution in [-0.4, -0.2) is 32.8 Å². The van der Waals surface area contributed by atoms with Gasteiger partial charge in [-0.2, -0.15) is 4.67 Å². The Morgan fingerprint density at radius 1 is 0.941 bits per heavy atom. The van der Waals surface area contributed by atoms with Crippen molar-refractivity contribution in [2.75, 3.05) is 0 Å². The molecule has 0 bridgehead atoms. The van der Waals surface area contributed by atoms with Crippen LogP contribution in [0.15, 0.2) is 84.9 Å². The lowest BCUT2D eigenvalue weighted by Gasteiger charge is -2.36. The number of hydrogen-bond donors (Lipinski definition) is 1. The molecule has 0 saturated carbocycles. The number of para-hydroxylation sites is 1. The van der Waals surface area contributed by atoms with E-state index in [0.29, 0.717) is 0 Å². The van der Waals surface area contributed by atoms with Crippen LogP contribution in [0.1, 0.15) is 19.4 Å². The van der Waals surface area contributed by atoms with Gasteiger partial charge in [-0.1, -0.05) is 48.5 Å². The van der Waals surface area contributed by atoms with Crippen molar-refractivity contribution in [2.45, 2.75) is 32.4 Å². The second kappa shape index (κ2) is 11.0. The van der Waals surface area contributed by atoms with E-state index in [9.17, 15) is 24.6 Å². The Morgan fingerprint density at radius 2 is 1.44 bits per heavy atom. The largest absolute Gasteiger partial charge is 0.516 e. The predicted octanol–water partition coefficient (Wildman–Crippen LogP) is 5.57. The summed E-state index contributed by atoms with van der Waals surface area (Å²) in [7, 11) is -4.33. The van der Waals surface area contributed by atoms with Crippen LogP contribution in [0.4, 0.5) is 5.69 Å². The number of nitrogens with zero attached hydrogens (tertiary/aromatic N) is 2. The van der Waals surface area contributed by atoms with Crippen molar-refractivity contribution in [1.82, 2.24) is 4.67 Å². The fraction of sp³-hybridized carbons (Fsp3) is 0.208. The minimum Gasteiger partial charge on any atom is -0.480 e. The van der Waals surface area contributed by atoms with Gasteiger partial charge in [-0.3, -0.25) is 14.9 Å². The van der Waals surface area contributed by atoms with Crippen LogP contribution in [0.25, 0.3) is 0 Å². The summed E-state index contributed by atoms with van der Waals surface area (Å²) in [5, 5.41) is 21.1. The lowest BCUT2D eigenvalue weighted by Crippen LogP contribution is -2.46. The molecule has 2 atom stereocenters. The van der Waals surface area contributed by atoms with Gasteiger partial charge in [0, 0.05) is 18.2 Å². The molecule has 34 heavy (non-hydrogen) atoms. The number of nitro benzene ring substituents is 1. The van der Waals surface area contributed by atoms with Crippen LogP contribution in [-0.2, 0) is 15.8 Å². The number of carbonyl (C=O) groups is 1. The zero-order valence-corrected chi connectivity index (χ0v) is 19.6. The summed E-state index contributed by atoms with van der Waals surface area (Å²) in [6, 6.07) is 20.5. The van der Waals surface area contributed by atoms with Crippen molar-refractivity contribution >= 4 is 19.4 Å². The predicted molar refractivity (Wildman–Crippen MR) is 127 cm³/mol. The summed E-state index contributed by atoms with van der Waals surface area (Å²) in [6.07, 6.45) is 0.0557. The second-order valence-corrected chi connectivity index (χ2v) is 9.50. The van der Waals surface area contributed by atoms with Crippen molar-refractivity contribution in [3.63, 3.8) is 0 Å². The van der Waals surface area contributed by atoms with Gasteiger partial charge in [-0.15, -0.1) is 0 Å². The molecule has 3 aromatic carbocycles. The fourth-order valence-electron chi connectivity index (χ4n) is 3.43. The molecule has 1 N–H and O–H groups in total. The Labute approximate surface area is 197 Å². The summed E-state index contributed by atoms with van der Waals surface area (Å²) in [5.41, 5.74) is 0.571. The van der Waals surface area contributed by atoms with Crippen LogP contribution in [0.5, 0.6) is 11.5 Å². The molecular formula is C24H25N2O7P. The highest BCUT2D eigenvalue weighted by atomic mass is 31.2. The molecule has 0 aliphatic carbocycles. The van der Waals surface area contributed by atoms with Gasteiger partial charge < -0.3 is 14.2 Å². The summed E-state index contributed by atoms with van der Waals surface area (Å²) < 4.78 is 27.2. The van der Waals surface area contributed by atoms with Crippen LogP contribution in [0.2, 0.25) is 0 Å². The number of aliphatic carboxylic acids is 1. The lowest BCUT2D eigenvalue weighted by atomic mass is 10.1. The number of nitro groups is 1. The van der Waals surface area contributed by atoms with E-state index in [1.807, 2.05) is 6.07 Å². The smallest absolute Gasteiger partial charge is 0.480 e. The molecule has 1 unspecified atom stereocenters. The van der Waals surface area contributed by atoms with E-state index in [1.165, 1.54) is 28.9 Å². The first-order valence-electron chi connectivity index (χ1n) is 10.5. The molecule has 0 aliphatic heterocycles. The number of carboxylic acid groups (broad SMARTS) is 1. The van der Waals surface area contributed by atoms with Crippen molar-refractivity contribution in [3.8, 4) is 11.5 Å². The van der Waals surface area contributed by atoms with Crippen molar-refractivity contribution in [3.05, 3.63) is 101 Å². The summed E-state index contributed by atoms with van der Waals surface area (Å²) in [4.78, 5) is 22.8. The first-order chi connectivity index (χ1) is 16.2. The Hall–Kier alpha value is -3.68. The van der Waals surface area contributed by atoms with Gasteiger partial charge in [-0.05, 0) is 50.1 Å². The molecule has 3 aromatic rings. The molecule has 3 rings (SSSR count). The van der Waals surface area contributed by atoms with E-state index < -0.39 is 30.7 Å². The fourth-order valence-corrected chi connectivity index (χ4v) is 5.52. The third-order valence-corrected chi connectivity index (χ3v) is 7.11. The van der Waals surface area contributed by atoms with E-state index in [0.717, 1.165) is 5.56 Å². The van der Waals surface area contributed by atoms with Crippen molar-refractivity contribution in [2.24, 2.45) is 0 Å². The molecule has 0 amide bonds. The molecule has 0 aliphatic rings. The SMILES string of the molecule is CC(C)N([C@@H](Cc1ccccc1)C(=O)O)P(=O)(Oc1ccccc1)Oc1ccc([N+](=O)[O-])cc1. The van der Waals surface area contributed by atoms with E-state index in [1.54, 1.807) is 68.4 Å². The van der Waals surface area contributed by atoms with Gasteiger partial charge >= 0.3 is 13.7 Å². The third-order valence-electron chi connectivity index (χ3n) is 4.92. The first-order valence-corrected chi connectivity index (χ1v) is 12.0. The van der Waals surface area contributed by atoms with Gasteiger partial charge in [-0.25, -0.2) is 4.57 Å². The molecule has 0 heterocycles. The molecule has 0 saturated heterocycles. The Bertz CT molecular complexity index is 1150. The summed E-state index contributed by atoms with van der Waals surface area (Å²) >= 11 is 0. The highest BCUT2D eigenvalue weighted by molar-refractivity contribution is 7.52. The zero-order chi connectivity index (χ0) is 24.7. The van der Waals surface area contributed by atoms with E-state index >= 15 is 0 Å². The minimum absolute atomic E-state index is 0.0411. The topological polar surface area (TPSA) is 119 Å². The monoisotopic (exact) mass is 484 g/mol. The highest BCUT2D eigenvalue weighted by Crippen LogP contribution is 2.54. The number of carboxylic acids is 1. The van der Waals surface area contributed by atoms with Gasteiger partial charge in [0.15, 0.2) is 0 Å². The maximum atomic E-state index is 14.3. The standard InChI is InChI=1S/C24H25N2O7P/c1-18(2)25(23(24(27)28)17-19-9-5-3-6-10-19)34(31,32-21-11-7-4-8-12-21)33-22-15-13-20(14-16-22)26(29)30/h3-16,18,23H,17H2,1-2H3,(H,27,28)/t23-,34?/m0/s1. The van der Waals surface area contributed by atoms with E-state index in [2.05, 4.69) is 0 Å². The number of non-ortho nitro benzene ring substituents is 1. The number of benzene rings is 3. The van der Waals surface area contributed by atoms with Crippen molar-refractivity contribution < 1.29 is 28.4 Å². The highest BCUT2D eigenvalue weighted by Gasteiger charge is 2.46. The van der Waals surface area contributed by atoms with Gasteiger partial charge in [0.25, 0.3) is 5.69 Å². The molecule has 0 radical (unpaired) electrons. The molecule has 0 spiro atoms. The second-order valence-electron chi connectivity index (χ2n) is 7.73. The average Bonchev–Trinajstić information content (AvgIpc) is 2.80. The van der Waals surface area contributed by atoms with Crippen LogP contribution in [0, 0.1) is 10.1 Å². The molecule has 0 aromatic heterocycles. The quantitative estimate of drug-likeness (QED) is 0.213. The molecule has 178 valence electrons. The summed E-state index contributed by atoms with van der Waals surface area (Å²) in [6.45, 7) is 3.39. The number of hydrogen-bond acceptors (Lipinski definition) is 6. The first kappa shape index (κ1) is 25.0. The molecule has 0 fully saturated rings. The van der Waals surface area contributed by atoms with Crippen molar-refractivity contribution in [1.29, 1.82) is 0 Å². The van der Waals surface area contributed by atoms with Crippen LogP contribution in [0.3, 0.4) is 0 Å². The van der Waals surface area contributed by atoms with Gasteiger partial charge in [0.1, 0.15) is 17.5 Å². The zero-order valence-electron chi connectivity index (χ0n) is 18.7. The molecule has 10 heteroatoms. The van der Waals surface area contributed by atoms with E-state index in [-0.39, 0.29) is 23.6 Å². The summed E-state index contributed by atoms with van der Waals surface area (Å²) in [5.74, 6) is -0.927. The third kappa shape index (κ3) is 6.21. The Kier molecular flexibility index (Phi) is 8.04. The van der Waals surface area contributed by atoms with E-state index in [4.69, 9.17) is 9.05 Å². The average molecular weight is 484 g/mol. The Balaban J connectivity index is 2.05. The molecular weight excluding hydrogens is 459 g/mol.